The fourth-order valence-electron chi connectivity index (χ4n) is 2.60. The van der Waals surface area contributed by atoms with Crippen molar-refractivity contribution in [2.45, 2.75) is 45.8 Å². The van der Waals surface area contributed by atoms with E-state index in [9.17, 15) is 4.79 Å². The van der Waals surface area contributed by atoms with Crippen LogP contribution in [-0.4, -0.2) is 25.1 Å². The van der Waals surface area contributed by atoms with Crippen LogP contribution >= 0.6 is 0 Å². The molecular weight excluding hydrogens is 264 g/mol. The summed E-state index contributed by atoms with van der Waals surface area (Å²) in [6, 6.07) is 7.87. The molecule has 2 rings (SSSR count). The first-order valence-electron chi connectivity index (χ1n) is 7.87. The van der Waals surface area contributed by atoms with Crippen molar-refractivity contribution in [1.82, 2.24) is 10.6 Å². The van der Waals surface area contributed by atoms with E-state index in [0.29, 0.717) is 18.9 Å². The van der Waals surface area contributed by atoms with Gasteiger partial charge in [-0.15, -0.1) is 0 Å². The number of amides is 1. The van der Waals surface area contributed by atoms with Crippen LogP contribution in [0.4, 0.5) is 0 Å². The Morgan fingerprint density at radius 2 is 2.24 bits per heavy atom. The third-order valence-electron chi connectivity index (χ3n) is 3.75. The van der Waals surface area contributed by atoms with Gasteiger partial charge in [-0.2, -0.15) is 0 Å². The third kappa shape index (κ3) is 5.38. The second-order valence-corrected chi connectivity index (χ2v) is 5.95. The number of ether oxygens (including phenoxy) is 1. The average molecular weight is 290 g/mol. The molecule has 1 unspecified atom stereocenters. The van der Waals surface area contributed by atoms with E-state index in [1.165, 1.54) is 6.42 Å². The van der Waals surface area contributed by atoms with Crippen molar-refractivity contribution >= 4 is 5.91 Å². The SMILES string of the molecule is CC(C)Oc1ccccc1CNC(=O)CCC1CCNC1. The highest BCUT2D eigenvalue weighted by Gasteiger charge is 2.15. The van der Waals surface area contributed by atoms with E-state index >= 15 is 0 Å². The first kappa shape index (κ1) is 15.8. The van der Waals surface area contributed by atoms with Crippen molar-refractivity contribution in [2.75, 3.05) is 13.1 Å². The molecule has 1 heterocycles. The standard InChI is InChI=1S/C17H26N2O2/c1-13(2)21-16-6-4-3-5-15(16)12-19-17(20)8-7-14-9-10-18-11-14/h3-6,13-14,18H,7-12H2,1-2H3,(H,19,20). The molecule has 1 fully saturated rings. The van der Waals surface area contributed by atoms with Gasteiger partial charge in [0.2, 0.25) is 5.91 Å². The molecule has 1 aromatic rings. The number of carbonyl (C=O) groups is 1. The van der Waals surface area contributed by atoms with E-state index < -0.39 is 0 Å². The van der Waals surface area contributed by atoms with Crippen LogP contribution in [-0.2, 0) is 11.3 Å². The minimum atomic E-state index is 0.126. The van der Waals surface area contributed by atoms with Crippen LogP contribution in [0.2, 0.25) is 0 Å². The Balaban J connectivity index is 1.77. The number of hydrogen-bond acceptors (Lipinski definition) is 3. The minimum absolute atomic E-state index is 0.126. The fraction of sp³-hybridized carbons (Fsp3) is 0.588. The highest BCUT2D eigenvalue weighted by atomic mass is 16.5. The molecule has 2 N–H and O–H groups in total. The predicted molar refractivity (Wildman–Crippen MR) is 84.3 cm³/mol. The van der Waals surface area contributed by atoms with Gasteiger partial charge in [0.25, 0.3) is 0 Å². The Morgan fingerprint density at radius 1 is 1.43 bits per heavy atom. The Kier molecular flexibility index (Phi) is 6.05. The van der Waals surface area contributed by atoms with Crippen LogP contribution in [0.3, 0.4) is 0 Å². The zero-order chi connectivity index (χ0) is 15.1. The number of benzene rings is 1. The van der Waals surface area contributed by atoms with Crippen molar-refractivity contribution in [2.24, 2.45) is 5.92 Å². The zero-order valence-corrected chi connectivity index (χ0v) is 13.0. The molecule has 0 spiro atoms. The Hall–Kier alpha value is -1.55. The molecule has 1 amide bonds. The molecule has 0 aliphatic carbocycles. The Labute approximate surface area is 127 Å². The number of carbonyl (C=O) groups excluding carboxylic acids is 1. The van der Waals surface area contributed by atoms with Gasteiger partial charge < -0.3 is 15.4 Å². The quantitative estimate of drug-likeness (QED) is 0.811. The van der Waals surface area contributed by atoms with Gasteiger partial charge >= 0.3 is 0 Å². The van der Waals surface area contributed by atoms with Gasteiger partial charge in [0.15, 0.2) is 0 Å². The normalized spacial score (nSPS) is 18.0. The summed E-state index contributed by atoms with van der Waals surface area (Å²) < 4.78 is 5.76. The van der Waals surface area contributed by atoms with E-state index in [1.807, 2.05) is 38.1 Å². The molecule has 0 bridgehead atoms. The van der Waals surface area contributed by atoms with Crippen molar-refractivity contribution in [3.8, 4) is 5.75 Å². The smallest absolute Gasteiger partial charge is 0.220 e. The van der Waals surface area contributed by atoms with E-state index in [2.05, 4.69) is 10.6 Å². The first-order valence-corrected chi connectivity index (χ1v) is 7.87. The lowest BCUT2D eigenvalue weighted by Crippen LogP contribution is -2.24. The van der Waals surface area contributed by atoms with Crippen molar-refractivity contribution in [1.29, 1.82) is 0 Å². The summed E-state index contributed by atoms with van der Waals surface area (Å²) in [6.45, 7) is 6.69. The van der Waals surface area contributed by atoms with Crippen LogP contribution < -0.4 is 15.4 Å². The third-order valence-corrected chi connectivity index (χ3v) is 3.75. The Bertz CT molecular complexity index is 454. The summed E-state index contributed by atoms with van der Waals surface area (Å²) in [7, 11) is 0. The van der Waals surface area contributed by atoms with Crippen LogP contribution in [0.1, 0.15) is 38.7 Å². The lowest BCUT2D eigenvalue weighted by molar-refractivity contribution is -0.121. The van der Waals surface area contributed by atoms with Crippen LogP contribution in [0.25, 0.3) is 0 Å². The molecule has 116 valence electrons. The van der Waals surface area contributed by atoms with Gasteiger partial charge in [0, 0.05) is 18.5 Å². The van der Waals surface area contributed by atoms with Crippen molar-refractivity contribution in [3.05, 3.63) is 29.8 Å². The van der Waals surface area contributed by atoms with Crippen LogP contribution in [0.15, 0.2) is 24.3 Å². The van der Waals surface area contributed by atoms with Crippen LogP contribution in [0, 0.1) is 5.92 Å². The molecule has 1 aliphatic rings. The van der Waals surface area contributed by atoms with Crippen molar-refractivity contribution < 1.29 is 9.53 Å². The molecule has 4 heteroatoms. The molecule has 0 saturated carbocycles. The molecule has 0 aromatic heterocycles. The van der Waals surface area contributed by atoms with Gasteiger partial charge in [-0.05, 0) is 51.8 Å². The second-order valence-electron chi connectivity index (χ2n) is 5.95. The number of hydrogen-bond donors (Lipinski definition) is 2. The van der Waals surface area contributed by atoms with Crippen LogP contribution in [0.5, 0.6) is 5.75 Å². The average Bonchev–Trinajstić information content (AvgIpc) is 2.97. The van der Waals surface area contributed by atoms with Gasteiger partial charge in [-0.1, -0.05) is 18.2 Å². The number of rotatable bonds is 7. The maximum Gasteiger partial charge on any atom is 0.220 e. The topological polar surface area (TPSA) is 50.4 Å². The molecule has 1 atom stereocenters. The Morgan fingerprint density at radius 3 is 2.95 bits per heavy atom. The molecular formula is C17H26N2O2. The van der Waals surface area contributed by atoms with Gasteiger partial charge in [-0.3, -0.25) is 4.79 Å². The second kappa shape index (κ2) is 8.03. The molecule has 4 nitrogen and oxygen atoms in total. The lowest BCUT2D eigenvalue weighted by Gasteiger charge is -2.15. The molecule has 1 saturated heterocycles. The first-order chi connectivity index (χ1) is 10.1. The number of nitrogens with one attached hydrogen (secondary N) is 2. The van der Waals surface area contributed by atoms with E-state index in [-0.39, 0.29) is 12.0 Å². The minimum Gasteiger partial charge on any atom is -0.491 e. The van der Waals surface area contributed by atoms with Gasteiger partial charge in [0.1, 0.15) is 5.75 Å². The molecule has 1 aliphatic heterocycles. The summed E-state index contributed by atoms with van der Waals surface area (Å²) in [6.07, 6.45) is 2.91. The fourth-order valence-corrected chi connectivity index (χ4v) is 2.60. The van der Waals surface area contributed by atoms with Crippen molar-refractivity contribution in [3.63, 3.8) is 0 Å². The number of para-hydroxylation sites is 1. The lowest BCUT2D eigenvalue weighted by atomic mass is 10.0. The highest BCUT2D eigenvalue weighted by molar-refractivity contribution is 5.75. The van der Waals surface area contributed by atoms with E-state index in [1.54, 1.807) is 0 Å². The van der Waals surface area contributed by atoms with E-state index in [4.69, 9.17) is 4.74 Å². The largest absolute Gasteiger partial charge is 0.491 e. The summed E-state index contributed by atoms with van der Waals surface area (Å²) in [5.41, 5.74) is 1.03. The monoisotopic (exact) mass is 290 g/mol. The maximum atomic E-state index is 11.9. The van der Waals surface area contributed by atoms with Gasteiger partial charge in [0.05, 0.1) is 6.10 Å². The summed E-state index contributed by atoms with van der Waals surface area (Å²) in [5, 5.41) is 6.33. The predicted octanol–water partition coefficient (Wildman–Crippen LogP) is 2.48. The summed E-state index contributed by atoms with van der Waals surface area (Å²) in [5.74, 6) is 1.64. The van der Waals surface area contributed by atoms with E-state index in [0.717, 1.165) is 30.8 Å². The molecule has 21 heavy (non-hydrogen) atoms. The highest BCUT2D eigenvalue weighted by Crippen LogP contribution is 2.19. The molecule has 0 radical (unpaired) electrons. The zero-order valence-electron chi connectivity index (χ0n) is 13.0. The summed E-state index contributed by atoms with van der Waals surface area (Å²) in [4.78, 5) is 11.9. The maximum absolute atomic E-state index is 11.9. The molecule has 1 aromatic carbocycles. The van der Waals surface area contributed by atoms with Gasteiger partial charge in [-0.25, -0.2) is 0 Å². The summed E-state index contributed by atoms with van der Waals surface area (Å²) >= 11 is 0.